The van der Waals surface area contributed by atoms with Gasteiger partial charge in [0.1, 0.15) is 6.04 Å². The summed E-state index contributed by atoms with van der Waals surface area (Å²) in [5, 5.41) is 11.7. The maximum Gasteiger partial charge on any atom is 0.326 e. The molecule has 0 saturated heterocycles. The molecule has 1 aromatic carbocycles. The fourth-order valence-electron chi connectivity index (χ4n) is 2.64. The zero-order chi connectivity index (χ0) is 18.0. The van der Waals surface area contributed by atoms with Gasteiger partial charge in [-0.15, -0.1) is 0 Å². The number of hydrogen-bond donors (Lipinski definition) is 3. The Morgan fingerprint density at radius 2 is 1.76 bits per heavy atom. The average Bonchev–Trinajstić information content (AvgIpc) is 3.45. The van der Waals surface area contributed by atoms with Gasteiger partial charge in [0.15, 0.2) is 0 Å². The van der Waals surface area contributed by atoms with Gasteiger partial charge >= 0.3 is 5.97 Å². The van der Waals surface area contributed by atoms with Crippen molar-refractivity contribution < 1.29 is 23.1 Å². The van der Waals surface area contributed by atoms with Crippen LogP contribution in [0.5, 0.6) is 0 Å². The van der Waals surface area contributed by atoms with Crippen molar-refractivity contribution in [2.45, 2.75) is 55.5 Å². The molecular formula is C17H22N2O5S. The maximum atomic E-state index is 12.1. The van der Waals surface area contributed by atoms with E-state index in [1.54, 1.807) is 12.1 Å². The van der Waals surface area contributed by atoms with Crippen molar-refractivity contribution in [3.05, 3.63) is 29.8 Å². The SMILES string of the molecule is O=C(CCc1ccc(S(=O)(=O)NC2CC2)cc1)NC(C(=O)O)C1CC1. The molecule has 0 radical (unpaired) electrons. The number of benzene rings is 1. The van der Waals surface area contributed by atoms with E-state index in [0.29, 0.717) is 6.42 Å². The zero-order valence-corrected chi connectivity index (χ0v) is 14.6. The molecule has 3 N–H and O–H groups in total. The first kappa shape index (κ1) is 17.9. The van der Waals surface area contributed by atoms with E-state index < -0.39 is 22.0 Å². The third-order valence-corrected chi connectivity index (χ3v) is 5.99. The standard InChI is InChI=1S/C17H22N2O5S/c20-15(18-16(17(21)22)12-4-5-12)10-3-11-1-8-14(9-2-11)25(23,24)19-13-6-7-13/h1-2,8-9,12-13,16,19H,3-7,10H2,(H,18,20)(H,21,22). The molecule has 2 saturated carbocycles. The van der Waals surface area contributed by atoms with E-state index in [9.17, 15) is 18.0 Å². The van der Waals surface area contributed by atoms with Crippen LogP contribution >= 0.6 is 0 Å². The van der Waals surface area contributed by atoms with E-state index in [0.717, 1.165) is 31.2 Å². The lowest BCUT2D eigenvalue weighted by atomic mass is 10.1. The van der Waals surface area contributed by atoms with Crippen LogP contribution in [0.25, 0.3) is 0 Å². The van der Waals surface area contributed by atoms with Gasteiger partial charge < -0.3 is 10.4 Å². The summed E-state index contributed by atoms with van der Waals surface area (Å²) in [6.07, 6.45) is 4.03. The van der Waals surface area contributed by atoms with Crippen molar-refractivity contribution in [3.8, 4) is 0 Å². The van der Waals surface area contributed by atoms with Gasteiger partial charge in [0, 0.05) is 12.5 Å². The third kappa shape index (κ3) is 5.02. The van der Waals surface area contributed by atoms with E-state index in [4.69, 9.17) is 5.11 Å². The Hall–Kier alpha value is -1.93. The number of carbonyl (C=O) groups excluding carboxylic acids is 1. The Morgan fingerprint density at radius 3 is 2.28 bits per heavy atom. The molecule has 136 valence electrons. The molecule has 2 fully saturated rings. The highest BCUT2D eigenvalue weighted by Crippen LogP contribution is 2.32. The van der Waals surface area contributed by atoms with Crippen LogP contribution in [0.3, 0.4) is 0 Å². The van der Waals surface area contributed by atoms with E-state index in [1.165, 1.54) is 12.1 Å². The van der Waals surface area contributed by atoms with Gasteiger partial charge in [-0.25, -0.2) is 17.9 Å². The van der Waals surface area contributed by atoms with Crippen LogP contribution < -0.4 is 10.0 Å². The van der Waals surface area contributed by atoms with Crippen LogP contribution in [0.2, 0.25) is 0 Å². The Labute approximate surface area is 146 Å². The first-order chi connectivity index (χ1) is 11.8. The summed E-state index contributed by atoms with van der Waals surface area (Å²) in [5.41, 5.74) is 0.832. The topological polar surface area (TPSA) is 113 Å². The van der Waals surface area contributed by atoms with Gasteiger partial charge in [0.25, 0.3) is 0 Å². The molecule has 2 aliphatic carbocycles. The average molecular weight is 366 g/mol. The van der Waals surface area contributed by atoms with Crippen molar-refractivity contribution in [1.82, 2.24) is 10.0 Å². The molecule has 0 bridgehead atoms. The Balaban J connectivity index is 1.51. The van der Waals surface area contributed by atoms with Crippen molar-refractivity contribution in [1.29, 1.82) is 0 Å². The van der Waals surface area contributed by atoms with E-state index >= 15 is 0 Å². The number of rotatable bonds is 9. The molecule has 8 heteroatoms. The molecule has 1 aromatic rings. The van der Waals surface area contributed by atoms with Crippen LogP contribution in [0, 0.1) is 5.92 Å². The second-order valence-electron chi connectivity index (χ2n) is 6.76. The second kappa shape index (κ2) is 7.13. The highest BCUT2D eigenvalue weighted by molar-refractivity contribution is 7.89. The number of amides is 1. The van der Waals surface area contributed by atoms with Crippen LogP contribution in [-0.2, 0) is 26.0 Å². The smallest absolute Gasteiger partial charge is 0.326 e. The van der Waals surface area contributed by atoms with E-state index in [2.05, 4.69) is 10.0 Å². The number of aliphatic carboxylic acids is 1. The van der Waals surface area contributed by atoms with Crippen LogP contribution in [0.1, 0.15) is 37.7 Å². The van der Waals surface area contributed by atoms with Crippen molar-refractivity contribution >= 4 is 21.9 Å². The molecule has 0 spiro atoms. The highest BCUT2D eigenvalue weighted by atomic mass is 32.2. The highest BCUT2D eigenvalue weighted by Gasteiger charge is 2.37. The Kier molecular flexibility index (Phi) is 5.10. The van der Waals surface area contributed by atoms with E-state index in [-0.39, 0.29) is 29.2 Å². The lowest BCUT2D eigenvalue weighted by molar-refractivity contribution is -0.142. The molecule has 7 nitrogen and oxygen atoms in total. The largest absolute Gasteiger partial charge is 0.480 e. The molecule has 1 amide bonds. The van der Waals surface area contributed by atoms with E-state index in [1.807, 2.05) is 0 Å². The number of carboxylic acids is 1. The maximum absolute atomic E-state index is 12.1. The zero-order valence-electron chi connectivity index (χ0n) is 13.8. The first-order valence-electron chi connectivity index (χ1n) is 8.48. The fraction of sp³-hybridized carbons (Fsp3) is 0.529. The summed E-state index contributed by atoms with van der Waals surface area (Å²) in [5.74, 6) is -1.25. The van der Waals surface area contributed by atoms with Crippen LogP contribution in [0.15, 0.2) is 29.2 Å². The normalized spacial score (nSPS) is 18.6. The summed E-state index contributed by atoms with van der Waals surface area (Å²) < 4.78 is 26.8. The second-order valence-corrected chi connectivity index (χ2v) is 8.47. The molecule has 0 aromatic heterocycles. The van der Waals surface area contributed by atoms with Gasteiger partial charge in [-0.1, -0.05) is 12.1 Å². The van der Waals surface area contributed by atoms with Gasteiger partial charge in [0.05, 0.1) is 4.90 Å². The van der Waals surface area contributed by atoms with Crippen molar-refractivity contribution in [3.63, 3.8) is 0 Å². The fourth-order valence-corrected chi connectivity index (χ4v) is 3.94. The predicted molar refractivity (Wildman–Crippen MR) is 90.4 cm³/mol. The Bertz CT molecular complexity index is 752. The molecule has 1 unspecified atom stereocenters. The van der Waals surface area contributed by atoms with Crippen LogP contribution in [-0.4, -0.2) is 37.5 Å². The quantitative estimate of drug-likeness (QED) is 0.604. The molecule has 3 rings (SSSR count). The minimum absolute atomic E-state index is 0.0462. The molecule has 2 aliphatic rings. The number of carbonyl (C=O) groups is 2. The lowest BCUT2D eigenvalue weighted by Gasteiger charge is -2.13. The number of nitrogens with one attached hydrogen (secondary N) is 2. The van der Waals surface area contributed by atoms with Gasteiger partial charge in [-0.3, -0.25) is 4.79 Å². The van der Waals surface area contributed by atoms with Gasteiger partial charge in [-0.05, 0) is 55.7 Å². The minimum Gasteiger partial charge on any atom is -0.480 e. The Morgan fingerprint density at radius 1 is 1.12 bits per heavy atom. The minimum atomic E-state index is -3.47. The summed E-state index contributed by atoms with van der Waals surface area (Å²) in [4.78, 5) is 23.3. The van der Waals surface area contributed by atoms with Gasteiger partial charge in [-0.2, -0.15) is 0 Å². The predicted octanol–water partition coefficient (Wildman–Crippen LogP) is 1.04. The first-order valence-corrected chi connectivity index (χ1v) is 9.97. The van der Waals surface area contributed by atoms with Crippen molar-refractivity contribution in [2.75, 3.05) is 0 Å². The van der Waals surface area contributed by atoms with Crippen molar-refractivity contribution in [2.24, 2.45) is 5.92 Å². The third-order valence-electron chi connectivity index (χ3n) is 4.45. The summed E-state index contributed by atoms with van der Waals surface area (Å²) >= 11 is 0. The molecule has 0 heterocycles. The summed E-state index contributed by atoms with van der Waals surface area (Å²) in [7, 11) is -3.47. The number of hydrogen-bond acceptors (Lipinski definition) is 4. The number of sulfonamides is 1. The molecule has 0 aliphatic heterocycles. The van der Waals surface area contributed by atoms with Crippen LogP contribution in [0.4, 0.5) is 0 Å². The summed E-state index contributed by atoms with van der Waals surface area (Å²) in [6, 6.07) is 5.69. The number of aryl methyl sites for hydroxylation is 1. The molecule has 25 heavy (non-hydrogen) atoms. The lowest BCUT2D eigenvalue weighted by Crippen LogP contribution is -2.42. The number of carboxylic acid groups (broad SMARTS) is 1. The van der Waals surface area contributed by atoms with Gasteiger partial charge in [0.2, 0.25) is 15.9 Å². The molecule has 1 atom stereocenters. The summed E-state index contributed by atoms with van der Waals surface area (Å²) in [6.45, 7) is 0. The molecular weight excluding hydrogens is 344 g/mol. The monoisotopic (exact) mass is 366 g/mol.